The molecule has 0 fully saturated rings. The fraction of sp³-hybridized carbons (Fsp3) is 0.300. The van der Waals surface area contributed by atoms with Crippen LogP contribution < -0.4 is 4.74 Å². The van der Waals surface area contributed by atoms with Gasteiger partial charge in [-0.15, -0.1) is 10.2 Å². The fourth-order valence-electron chi connectivity index (χ4n) is 2.39. The molecular weight excluding hydrogens is 300 g/mol. The average molecular weight is 322 g/mol. The summed E-state index contributed by atoms with van der Waals surface area (Å²) in [7, 11) is 0. The van der Waals surface area contributed by atoms with E-state index in [0.717, 1.165) is 16.9 Å². The number of benzene rings is 2. The summed E-state index contributed by atoms with van der Waals surface area (Å²) in [6.45, 7) is 8.86. The van der Waals surface area contributed by atoms with Crippen molar-refractivity contribution in [1.82, 2.24) is 10.2 Å². The number of hydrogen-bond acceptors (Lipinski definition) is 4. The Morgan fingerprint density at radius 1 is 1.00 bits per heavy atom. The number of ether oxygens (including phenoxy) is 1. The lowest BCUT2D eigenvalue weighted by Crippen LogP contribution is -2.10. The van der Waals surface area contributed by atoms with Crippen LogP contribution in [0.5, 0.6) is 5.75 Å². The number of nitrogens with zero attached hydrogens (tertiary/aromatic N) is 2. The first-order chi connectivity index (χ1) is 11.4. The van der Waals surface area contributed by atoms with Crippen LogP contribution in [-0.4, -0.2) is 10.2 Å². The molecule has 0 atom stereocenters. The molecular formula is C20H22N2O2. The van der Waals surface area contributed by atoms with Gasteiger partial charge in [-0.1, -0.05) is 45.0 Å². The molecule has 0 spiro atoms. The second-order valence-electron chi connectivity index (χ2n) is 6.93. The molecule has 1 heterocycles. The lowest BCUT2D eigenvalue weighted by molar-refractivity contribution is 0.264. The third-order valence-corrected chi connectivity index (χ3v) is 3.82. The first kappa shape index (κ1) is 16.2. The lowest BCUT2D eigenvalue weighted by Gasteiger charge is -2.18. The highest BCUT2D eigenvalue weighted by molar-refractivity contribution is 5.53. The van der Waals surface area contributed by atoms with Crippen molar-refractivity contribution in [3.8, 4) is 17.2 Å². The maximum absolute atomic E-state index is 5.70. The van der Waals surface area contributed by atoms with Crippen LogP contribution in [0.3, 0.4) is 0 Å². The summed E-state index contributed by atoms with van der Waals surface area (Å²) in [5.41, 5.74) is 3.46. The Labute approximate surface area is 142 Å². The maximum Gasteiger partial charge on any atom is 0.254 e. The molecule has 0 bridgehead atoms. The zero-order valence-corrected chi connectivity index (χ0v) is 14.5. The Hall–Kier alpha value is -2.62. The van der Waals surface area contributed by atoms with Gasteiger partial charge in [-0.05, 0) is 47.7 Å². The van der Waals surface area contributed by atoms with Crippen LogP contribution in [-0.2, 0) is 12.0 Å². The van der Waals surface area contributed by atoms with Gasteiger partial charge in [0.2, 0.25) is 5.89 Å². The number of hydrogen-bond donors (Lipinski definition) is 0. The van der Waals surface area contributed by atoms with Crippen LogP contribution in [0, 0.1) is 6.92 Å². The van der Waals surface area contributed by atoms with Crippen molar-refractivity contribution in [2.24, 2.45) is 0 Å². The SMILES string of the molecule is Cc1cccc(OCc2nnc(-c3ccc(C(C)(C)C)cc3)o2)c1. The van der Waals surface area contributed by atoms with E-state index in [1.54, 1.807) is 0 Å². The molecule has 0 unspecified atom stereocenters. The molecule has 24 heavy (non-hydrogen) atoms. The molecule has 3 aromatic rings. The Bertz CT molecular complexity index is 814. The van der Waals surface area contributed by atoms with Gasteiger partial charge < -0.3 is 9.15 Å². The van der Waals surface area contributed by atoms with Gasteiger partial charge in [0.1, 0.15) is 5.75 Å². The van der Waals surface area contributed by atoms with Gasteiger partial charge in [-0.3, -0.25) is 0 Å². The van der Waals surface area contributed by atoms with Crippen molar-refractivity contribution >= 4 is 0 Å². The van der Waals surface area contributed by atoms with E-state index in [2.05, 4.69) is 43.1 Å². The van der Waals surface area contributed by atoms with Gasteiger partial charge in [-0.25, -0.2) is 0 Å². The standard InChI is InChI=1S/C20H22N2O2/c1-14-6-5-7-17(12-14)23-13-18-21-22-19(24-18)15-8-10-16(11-9-15)20(2,3)4/h5-12H,13H2,1-4H3. The maximum atomic E-state index is 5.70. The summed E-state index contributed by atoms with van der Waals surface area (Å²) in [4.78, 5) is 0. The van der Waals surface area contributed by atoms with Gasteiger partial charge in [0.25, 0.3) is 5.89 Å². The normalized spacial score (nSPS) is 11.5. The van der Waals surface area contributed by atoms with Crippen molar-refractivity contribution in [1.29, 1.82) is 0 Å². The van der Waals surface area contributed by atoms with E-state index >= 15 is 0 Å². The minimum absolute atomic E-state index is 0.125. The molecule has 4 heteroatoms. The molecule has 0 aliphatic rings. The van der Waals surface area contributed by atoms with E-state index in [9.17, 15) is 0 Å². The minimum atomic E-state index is 0.125. The fourth-order valence-corrected chi connectivity index (χ4v) is 2.39. The second-order valence-corrected chi connectivity index (χ2v) is 6.93. The van der Waals surface area contributed by atoms with Crippen molar-refractivity contribution in [2.75, 3.05) is 0 Å². The molecule has 3 rings (SSSR count). The van der Waals surface area contributed by atoms with E-state index in [4.69, 9.17) is 9.15 Å². The molecule has 0 aliphatic heterocycles. The number of rotatable bonds is 4. The molecule has 1 aromatic heterocycles. The predicted molar refractivity (Wildman–Crippen MR) is 93.9 cm³/mol. The summed E-state index contributed by atoms with van der Waals surface area (Å²) in [6, 6.07) is 16.1. The van der Waals surface area contributed by atoms with Crippen molar-refractivity contribution in [3.63, 3.8) is 0 Å². The van der Waals surface area contributed by atoms with Crippen LogP contribution in [0.1, 0.15) is 37.8 Å². The van der Waals surface area contributed by atoms with Gasteiger partial charge >= 0.3 is 0 Å². The van der Waals surface area contributed by atoms with Crippen molar-refractivity contribution in [3.05, 3.63) is 65.5 Å². The minimum Gasteiger partial charge on any atom is -0.484 e. The zero-order valence-electron chi connectivity index (χ0n) is 14.5. The Morgan fingerprint density at radius 3 is 2.42 bits per heavy atom. The summed E-state index contributed by atoms with van der Waals surface area (Å²) in [5, 5.41) is 8.17. The summed E-state index contributed by atoms with van der Waals surface area (Å²) < 4.78 is 11.4. The van der Waals surface area contributed by atoms with Crippen LogP contribution in [0.2, 0.25) is 0 Å². The highest BCUT2D eigenvalue weighted by Crippen LogP contribution is 2.25. The monoisotopic (exact) mass is 322 g/mol. The zero-order chi connectivity index (χ0) is 17.2. The van der Waals surface area contributed by atoms with Crippen LogP contribution in [0.25, 0.3) is 11.5 Å². The van der Waals surface area contributed by atoms with Gasteiger partial charge in [0.15, 0.2) is 6.61 Å². The first-order valence-electron chi connectivity index (χ1n) is 8.04. The topological polar surface area (TPSA) is 48.2 Å². The van der Waals surface area contributed by atoms with Crippen molar-refractivity contribution < 1.29 is 9.15 Å². The Kier molecular flexibility index (Phi) is 4.38. The predicted octanol–water partition coefficient (Wildman–Crippen LogP) is 4.92. The smallest absolute Gasteiger partial charge is 0.254 e. The summed E-state index contributed by atoms with van der Waals surface area (Å²) in [6.07, 6.45) is 0. The largest absolute Gasteiger partial charge is 0.484 e. The van der Waals surface area contributed by atoms with E-state index in [-0.39, 0.29) is 12.0 Å². The van der Waals surface area contributed by atoms with E-state index < -0.39 is 0 Å². The van der Waals surface area contributed by atoms with E-state index in [0.29, 0.717) is 11.8 Å². The van der Waals surface area contributed by atoms with Gasteiger partial charge in [-0.2, -0.15) is 0 Å². The third kappa shape index (κ3) is 3.82. The summed E-state index contributed by atoms with van der Waals surface area (Å²) >= 11 is 0. The van der Waals surface area contributed by atoms with Gasteiger partial charge in [0.05, 0.1) is 0 Å². The third-order valence-electron chi connectivity index (χ3n) is 3.82. The van der Waals surface area contributed by atoms with Crippen molar-refractivity contribution in [2.45, 2.75) is 39.7 Å². The first-order valence-corrected chi connectivity index (χ1v) is 8.04. The quantitative estimate of drug-likeness (QED) is 0.684. The molecule has 0 saturated carbocycles. The highest BCUT2D eigenvalue weighted by atomic mass is 16.5. The molecule has 0 saturated heterocycles. The van der Waals surface area contributed by atoms with Gasteiger partial charge in [0, 0.05) is 5.56 Å². The Balaban J connectivity index is 1.69. The second kappa shape index (κ2) is 6.48. The summed E-state index contributed by atoms with van der Waals surface area (Å²) in [5.74, 6) is 1.77. The molecule has 0 amide bonds. The molecule has 4 nitrogen and oxygen atoms in total. The molecule has 0 aliphatic carbocycles. The van der Waals surface area contributed by atoms with E-state index in [1.807, 2.05) is 43.3 Å². The number of aromatic nitrogens is 2. The molecule has 0 N–H and O–H groups in total. The molecule has 0 radical (unpaired) electrons. The average Bonchev–Trinajstić information content (AvgIpc) is 3.01. The van der Waals surface area contributed by atoms with Crippen LogP contribution >= 0.6 is 0 Å². The van der Waals surface area contributed by atoms with Crippen LogP contribution in [0.4, 0.5) is 0 Å². The Morgan fingerprint density at radius 2 is 1.75 bits per heavy atom. The van der Waals surface area contributed by atoms with Crippen LogP contribution in [0.15, 0.2) is 52.9 Å². The lowest BCUT2D eigenvalue weighted by atomic mass is 9.87. The van der Waals surface area contributed by atoms with E-state index in [1.165, 1.54) is 5.56 Å². The molecule has 124 valence electrons. The molecule has 2 aromatic carbocycles. The number of aryl methyl sites for hydroxylation is 1. The highest BCUT2D eigenvalue weighted by Gasteiger charge is 2.14.